The molecule has 86 valence electrons. The van der Waals surface area contributed by atoms with Crippen molar-refractivity contribution in [3.8, 4) is 5.88 Å². The van der Waals surface area contributed by atoms with E-state index in [1.165, 1.54) is 19.5 Å². The molecule has 1 aromatic heterocycles. The van der Waals surface area contributed by atoms with Crippen molar-refractivity contribution in [3.05, 3.63) is 18.1 Å². The summed E-state index contributed by atoms with van der Waals surface area (Å²) in [6, 6.07) is 0. The molecule has 1 fully saturated rings. The SMILES string of the molecule is COc1nccnc1C(=O)CC1CCNC1. The normalized spacial score (nSPS) is 19.7. The Labute approximate surface area is 94.2 Å². The van der Waals surface area contributed by atoms with Gasteiger partial charge in [0.1, 0.15) is 0 Å². The first-order chi connectivity index (χ1) is 7.81. The molecule has 1 saturated heterocycles. The number of hydrogen-bond acceptors (Lipinski definition) is 5. The van der Waals surface area contributed by atoms with Crippen molar-refractivity contribution in [2.75, 3.05) is 20.2 Å². The number of rotatable bonds is 4. The van der Waals surface area contributed by atoms with E-state index in [9.17, 15) is 4.79 Å². The summed E-state index contributed by atoms with van der Waals surface area (Å²) in [5.41, 5.74) is 0.344. The molecule has 1 N–H and O–H groups in total. The fraction of sp³-hybridized carbons (Fsp3) is 0.545. The molecule has 0 amide bonds. The molecule has 1 atom stereocenters. The maximum absolute atomic E-state index is 12.0. The van der Waals surface area contributed by atoms with Gasteiger partial charge in [0.15, 0.2) is 11.5 Å². The van der Waals surface area contributed by atoms with Crippen LogP contribution in [0.25, 0.3) is 0 Å². The number of aromatic nitrogens is 2. The standard InChI is InChI=1S/C11H15N3O2/c1-16-11-10(13-4-5-14-11)9(15)6-8-2-3-12-7-8/h4-5,8,12H,2-3,6-7H2,1H3. The molecule has 0 radical (unpaired) electrons. The van der Waals surface area contributed by atoms with Gasteiger partial charge in [-0.25, -0.2) is 9.97 Å². The summed E-state index contributed by atoms with van der Waals surface area (Å²) in [6.07, 6.45) is 4.60. The van der Waals surface area contributed by atoms with E-state index in [2.05, 4.69) is 15.3 Å². The van der Waals surface area contributed by atoms with Crippen LogP contribution in [0.1, 0.15) is 23.3 Å². The summed E-state index contributed by atoms with van der Waals surface area (Å²) in [4.78, 5) is 20.0. The zero-order chi connectivity index (χ0) is 11.4. The van der Waals surface area contributed by atoms with Gasteiger partial charge in [0, 0.05) is 18.8 Å². The number of carbonyl (C=O) groups is 1. The number of methoxy groups -OCH3 is 1. The zero-order valence-electron chi connectivity index (χ0n) is 9.27. The highest BCUT2D eigenvalue weighted by atomic mass is 16.5. The highest BCUT2D eigenvalue weighted by Gasteiger charge is 2.22. The van der Waals surface area contributed by atoms with Gasteiger partial charge in [0.2, 0.25) is 5.88 Å². The average molecular weight is 221 g/mol. The summed E-state index contributed by atoms with van der Waals surface area (Å²) >= 11 is 0. The largest absolute Gasteiger partial charge is 0.479 e. The lowest BCUT2D eigenvalue weighted by Crippen LogP contribution is -2.14. The molecule has 5 heteroatoms. The fourth-order valence-electron chi connectivity index (χ4n) is 1.91. The first-order valence-corrected chi connectivity index (χ1v) is 5.40. The highest BCUT2D eigenvalue weighted by molar-refractivity contribution is 5.96. The Hall–Kier alpha value is -1.49. The third kappa shape index (κ3) is 2.36. The van der Waals surface area contributed by atoms with Crippen LogP contribution in [-0.4, -0.2) is 36.0 Å². The summed E-state index contributed by atoms with van der Waals surface area (Å²) in [5, 5.41) is 3.24. The second-order valence-corrected chi connectivity index (χ2v) is 3.90. The molecule has 0 saturated carbocycles. The molecule has 5 nitrogen and oxygen atoms in total. The molecule has 2 rings (SSSR count). The molecule has 1 aliphatic rings. The van der Waals surface area contributed by atoms with Crippen LogP contribution in [0.3, 0.4) is 0 Å². The fourth-order valence-corrected chi connectivity index (χ4v) is 1.91. The van der Waals surface area contributed by atoms with Gasteiger partial charge < -0.3 is 10.1 Å². The monoisotopic (exact) mass is 221 g/mol. The lowest BCUT2D eigenvalue weighted by molar-refractivity contribution is 0.0955. The molecular weight excluding hydrogens is 206 g/mol. The van der Waals surface area contributed by atoms with Crippen molar-refractivity contribution in [2.24, 2.45) is 5.92 Å². The Balaban J connectivity index is 2.07. The summed E-state index contributed by atoms with van der Waals surface area (Å²) in [5.74, 6) is 0.747. The molecular formula is C11H15N3O2. The molecule has 16 heavy (non-hydrogen) atoms. The molecule has 1 aromatic rings. The van der Waals surface area contributed by atoms with E-state index in [0.29, 0.717) is 23.9 Å². The van der Waals surface area contributed by atoms with Gasteiger partial charge in [0.05, 0.1) is 7.11 Å². The van der Waals surface area contributed by atoms with Gasteiger partial charge in [-0.15, -0.1) is 0 Å². The van der Waals surface area contributed by atoms with Crippen LogP contribution in [0.5, 0.6) is 5.88 Å². The Kier molecular flexibility index (Phi) is 3.46. The number of carbonyl (C=O) groups excluding carboxylic acids is 1. The second-order valence-electron chi connectivity index (χ2n) is 3.90. The van der Waals surface area contributed by atoms with E-state index in [0.717, 1.165) is 19.5 Å². The predicted molar refractivity (Wildman–Crippen MR) is 58.5 cm³/mol. The van der Waals surface area contributed by atoms with E-state index >= 15 is 0 Å². The highest BCUT2D eigenvalue weighted by Crippen LogP contribution is 2.19. The molecule has 0 bridgehead atoms. The van der Waals surface area contributed by atoms with Crippen molar-refractivity contribution in [3.63, 3.8) is 0 Å². The van der Waals surface area contributed by atoms with E-state index in [-0.39, 0.29) is 5.78 Å². The summed E-state index contributed by atoms with van der Waals surface area (Å²) < 4.78 is 5.02. The molecule has 2 heterocycles. The number of nitrogens with one attached hydrogen (secondary N) is 1. The van der Waals surface area contributed by atoms with Gasteiger partial charge in [-0.2, -0.15) is 0 Å². The minimum atomic E-state index is 0.0126. The molecule has 1 unspecified atom stereocenters. The molecule has 1 aliphatic heterocycles. The number of hydrogen-bond donors (Lipinski definition) is 1. The number of ether oxygens (including phenoxy) is 1. The van der Waals surface area contributed by atoms with Gasteiger partial charge in [-0.3, -0.25) is 4.79 Å². The predicted octanol–water partition coefficient (Wildman–Crippen LogP) is 0.667. The quantitative estimate of drug-likeness (QED) is 0.757. The van der Waals surface area contributed by atoms with Crippen LogP contribution in [-0.2, 0) is 0 Å². The number of ketones is 1. The van der Waals surface area contributed by atoms with Crippen molar-refractivity contribution in [1.82, 2.24) is 15.3 Å². The second kappa shape index (κ2) is 5.03. The minimum absolute atomic E-state index is 0.0126. The van der Waals surface area contributed by atoms with Gasteiger partial charge >= 0.3 is 0 Å². The van der Waals surface area contributed by atoms with Gasteiger partial charge in [-0.1, -0.05) is 0 Å². The van der Waals surface area contributed by atoms with Gasteiger partial charge in [0.25, 0.3) is 0 Å². The average Bonchev–Trinajstić information content (AvgIpc) is 2.81. The number of nitrogens with zero attached hydrogens (tertiary/aromatic N) is 2. The minimum Gasteiger partial charge on any atom is -0.479 e. The van der Waals surface area contributed by atoms with E-state index < -0.39 is 0 Å². The van der Waals surface area contributed by atoms with Crippen LogP contribution < -0.4 is 10.1 Å². The van der Waals surface area contributed by atoms with E-state index in [1.54, 1.807) is 0 Å². The van der Waals surface area contributed by atoms with Crippen LogP contribution in [0.4, 0.5) is 0 Å². The molecule has 0 spiro atoms. The van der Waals surface area contributed by atoms with Crippen molar-refractivity contribution < 1.29 is 9.53 Å². The maximum atomic E-state index is 12.0. The van der Waals surface area contributed by atoms with E-state index in [4.69, 9.17) is 4.74 Å². The third-order valence-corrected chi connectivity index (χ3v) is 2.76. The van der Waals surface area contributed by atoms with E-state index in [1.807, 2.05) is 0 Å². The summed E-state index contributed by atoms with van der Waals surface area (Å²) in [7, 11) is 1.50. The first kappa shape index (κ1) is 11.0. The Morgan fingerprint density at radius 3 is 3.06 bits per heavy atom. The molecule has 0 aromatic carbocycles. The smallest absolute Gasteiger partial charge is 0.243 e. The van der Waals surface area contributed by atoms with Crippen molar-refractivity contribution >= 4 is 5.78 Å². The lowest BCUT2D eigenvalue weighted by Gasteiger charge is -2.08. The van der Waals surface area contributed by atoms with Crippen LogP contribution in [0.2, 0.25) is 0 Å². The Morgan fingerprint density at radius 1 is 1.56 bits per heavy atom. The topological polar surface area (TPSA) is 64.1 Å². The summed E-state index contributed by atoms with van der Waals surface area (Å²) in [6.45, 7) is 1.91. The van der Waals surface area contributed by atoms with Crippen LogP contribution in [0, 0.1) is 5.92 Å². The Bertz CT molecular complexity index is 375. The molecule has 0 aliphatic carbocycles. The third-order valence-electron chi connectivity index (χ3n) is 2.76. The zero-order valence-corrected chi connectivity index (χ0v) is 9.27. The lowest BCUT2D eigenvalue weighted by atomic mass is 10.0. The van der Waals surface area contributed by atoms with Crippen LogP contribution >= 0.6 is 0 Å². The van der Waals surface area contributed by atoms with Gasteiger partial charge in [-0.05, 0) is 25.4 Å². The Morgan fingerprint density at radius 2 is 2.38 bits per heavy atom. The van der Waals surface area contributed by atoms with Crippen molar-refractivity contribution in [1.29, 1.82) is 0 Å². The maximum Gasteiger partial charge on any atom is 0.243 e. The van der Waals surface area contributed by atoms with Crippen molar-refractivity contribution in [2.45, 2.75) is 12.8 Å². The first-order valence-electron chi connectivity index (χ1n) is 5.40. The van der Waals surface area contributed by atoms with Crippen LogP contribution in [0.15, 0.2) is 12.4 Å². The number of Topliss-reactive ketones (excluding diaryl/α,β-unsaturated/α-hetero) is 1.